The summed E-state index contributed by atoms with van der Waals surface area (Å²) in [5.41, 5.74) is 7.80. The van der Waals surface area contributed by atoms with Crippen LogP contribution in [0.15, 0.2) is 18.2 Å². The number of rotatable bonds is 2. The van der Waals surface area contributed by atoms with Crippen LogP contribution in [0.4, 0.5) is 10.8 Å². The van der Waals surface area contributed by atoms with Gasteiger partial charge in [0, 0.05) is 10.6 Å². The number of hydrogen-bond acceptors (Lipinski definition) is 5. The molecule has 0 radical (unpaired) electrons. The Hall–Kier alpha value is -2.21. The van der Waals surface area contributed by atoms with E-state index in [9.17, 15) is 9.59 Å². The summed E-state index contributed by atoms with van der Waals surface area (Å²) in [7, 11) is 0. The molecular formula is C14H13N3O2S. The minimum Gasteiger partial charge on any atom is -0.399 e. The lowest BCUT2D eigenvalue weighted by Crippen LogP contribution is -2.29. The second-order valence-electron chi connectivity index (χ2n) is 4.60. The smallest absolute Gasteiger partial charge is 0.268 e. The molecule has 2 heterocycles. The van der Waals surface area contributed by atoms with Crippen LogP contribution in [0.2, 0.25) is 0 Å². The number of anilines is 2. The van der Waals surface area contributed by atoms with E-state index >= 15 is 0 Å². The number of fused-ring (bicyclic) bond motifs is 1. The second-order valence-corrected chi connectivity index (χ2v) is 5.79. The topological polar surface area (TPSA) is 76.3 Å². The van der Waals surface area contributed by atoms with Crippen LogP contribution in [0.1, 0.15) is 38.2 Å². The standard InChI is InChI=1S/C14H13N3O2S/c1-3-11-7(2)20-14(16-11)17-12(18)9-5-4-8(15)6-10(9)13(17)19/h4-6H,3,15H2,1-2H3. The van der Waals surface area contributed by atoms with Gasteiger partial charge in [0.05, 0.1) is 16.8 Å². The van der Waals surface area contributed by atoms with E-state index in [1.54, 1.807) is 12.1 Å². The van der Waals surface area contributed by atoms with Gasteiger partial charge in [-0.1, -0.05) is 6.92 Å². The number of amides is 2. The molecule has 1 aromatic heterocycles. The zero-order valence-corrected chi connectivity index (χ0v) is 12.0. The summed E-state index contributed by atoms with van der Waals surface area (Å²) in [4.78, 5) is 31.3. The van der Waals surface area contributed by atoms with Gasteiger partial charge in [-0.25, -0.2) is 9.88 Å². The third-order valence-corrected chi connectivity index (χ3v) is 4.32. The molecule has 2 amide bonds. The van der Waals surface area contributed by atoms with Crippen molar-refractivity contribution in [1.82, 2.24) is 4.98 Å². The maximum absolute atomic E-state index is 12.4. The van der Waals surface area contributed by atoms with Crippen LogP contribution in [0.25, 0.3) is 0 Å². The molecule has 0 fully saturated rings. The molecule has 0 atom stereocenters. The largest absolute Gasteiger partial charge is 0.399 e. The number of benzene rings is 1. The molecule has 0 bridgehead atoms. The van der Waals surface area contributed by atoms with Crippen molar-refractivity contribution in [1.29, 1.82) is 0 Å². The van der Waals surface area contributed by atoms with Gasteiger partial charge in [-0.2, -0.15) is 0 Å². The van der Waals surface area contributed by atoms with Crippen molar-refractivity contribution >= 4 is 34.0 Å². The molecule has 0 spiro atoms. The van der Waals surface area contributed by atoms with Gasteiger partial charge in [0.15, 0.2) is 5.13 Å². The van der Waals surface area contributed by atoms with E-state index in [2.05, 4.69) is 4.98 Å². The monoisotopic (exact) mass is 287 g/mol. The number of carbonyl (C=O) groups excluding carboxylic acids is 2. The summed E-state index contributed by atoms with van der Waals surface area (Å²) in [5.74, 6) is -0.685. The van der Waals surface area contributed by atoms with Gasteiger partial charge in [-0.05, 0) is 31.5 Å². The van der Waals surface area contributed by atoms with E-state index < -0.39 is 0 Å². The summed E-state index contributed by atoms with van der Waals surface area (Å²) in [6, 6.07) is 4.75. The zero-order chi connectivity index (χ0) is 14.4. The number of aromatic nitrogens is 1. The lowest BCUT2D eigenvalue weighted by molar-refractivity contribution is 0.0926. The molecule has 102 valence electrons. The first-order chi connectivity index (χ1) is 9.52. The van der Waals surface area contributed by atoms with Crippen molar-refractivity contribution in [2.45, 2.75) is 20.3 Å². The van der Waals surface area contributed by atoms with E-state index in [0.29, 0.717) is 21.9 Å². The van der Waals surface area contributed by atoms with E-state index in [1.165, 1.54) is 17.4 Å². The minimum absolute atomic E-state index is 0.332. The van der Waals surface area contributed by atoms with Crippen LogP contribution in [0.5, 0.6) is 0 Å². The molecule has 1 aliphatic heterocycles. The fourth-order valence-corrected chi connectivity index (χ4v) is 3.26. The molecule has 1 aromatic carbocycles. The number of carbonyl (C=O) groups is 2. The fraction of sp³-hybridized carbons (Fsp3) is 0.214. The summed E-state index contributed by atoms with van der Waals surface area (Å²) in [6.45, 7) is 3.94. The zero-order valence-electron chi connectivity index (χ0n) is 11.1. The highest BCUT2D eigenvalue weighted by Gasteiger charge is 2.38. The van der Waals surface area contributed by atoms with Crippen LogP contribution >= 0.6 is 11.3 Å². The number of thiazole rings is 1. The van der Waals surface area contributed by atoms with Gasteiger partial charge in [0.25, 0.3) is 11.8 Å². The molecule has 1 aliphatic rings. The molecule has 3 rings (SSSR count). The van der Waals surface area contributed by atoms with Crippen molar-refractivity contribution in [3.8, 4) is 0 Å². The molecule has 0 saturated heterocycles. The van der Waals surface area contributed by atoms with Crippen molar-refractivity contribution in [2.24, 2.45) is 0 Å². The van der Waals surface area contributed by atoms with Crippen LogP contribution < -0.4 is 10.6 Å². The van der Waals surface area contributed by atoms with Crippen molar-refractivity contribution in [3.05, 3.63) is 39.9 Å². The molecular weight excluding hydrogens is 274 g/mol. The van der Waals surface area contributed by atoms with Crippen LogP contribution in [0, 0.1) is 6.92 Å². The lowest BCUT2D eigenvalue weighted by Gasteiger charge is -2.08. The predicted molar refractivity (Wildman–Crippen MR) is 78.2 cm³/mol. The number of aryl methyl sites for hydroxylation is 2. The molecule has 0 unspecified atom stereocenters. The van der Waals surface area contributed by atoms with Gasteiger partial charge >= 0.3 is 0 Å². The van der Waals surface area contributed by atoms with Gasteiger partial charge in [0.2, 0.25) is 0 Å². The van der Waals surface area contributed by atoms with Gasteiger partial charge in [-0.15, -0.1) is 11.3 Å². The maximum atomic E-state index is 12.4. The molecule has 0 aliphatic carbocycles. The Balaban J connectivity index is 2.09. The summed E-state index contributed by atoms with van der Waals surface area (Å²) in [6.07, 6.45) is 0.776. The van der Waals surface area contributed by atoms with E-state index in [1.807, 2.05) is 13.8 Å². The Morgan fingerprint density at radius 2 is 1.95 bits per heavy atom. The number of nitrogens with zero attached hydrogens (tertiary/aromatic N) is 2. The summed E-state index contributed by atoms with van der Waals surface area (Å²) >= 11 is 1.36. The van der Waals surface area contributed by atoms with Crippen LogP contribution in [-0.4, -0.2) is 16.8 Å². The Labute approximate surface area is 120 Å². The Morgan fingerprint density at radius 3 is 2.60 bits per heavy atom. The average molecular weight is 287 g/mol. The lowest BCUT2D eigenvalue weighted by atomic mass is 10.1. The normalized spacial score (nSPS) is 14.0. The Morgan fingerprint density at radius 1 is 1.25 bits per heavy atom. The molecule has 5 nitrogen and oxygen atoms in total. The Kier molecular flexibility index (Phi) is 2.83. The Bertz CT molecular complexity index is 736. The summed E-state index contributed by atoms with van der Waals surface area (Å²) < 4.78 is 0. The highest BCUT2D eigenvalue weighted by atomic mass is 32.1. The van der Waals surface area contributed by atoms with E-state index in [0.717, 1.165) is 21.9 Å². The predicted octanol–water partition coefficient (Wildman–Crippen LogP) is 2.40. The molecule has 6 heteroatoms. The first-order valence-corrected chi connectivity index (χ1v) is 7.09. The highest BCUT2D eigenvalue weighted by Crippen LogP contribution is 2.33. The number of imide groups is 1. The molecule has 20 heavy (non-hydrogen) atoms. The minimum atomic E-state index is -0.353. The third-order valence-electron chi connectivity index (χ3n) is 3.32. The third kappa shape index (κ3) is 1.72. The molecule has 2 N–H and O–H groups in total. The van der Waals surface area contributed by atoms with Crippen molar-refractivity contribution in [3.63, 3.8) is 0 Å². The van der Waals surface area contributed by atoms with Gasteiger partial charge in [-0.3, -0.25) is 9.59 Å². The quantitative estimate of drug-likeness (QED) is 0.679. The van der Waals surface area contributed by atoms with Crippen molar-refractivity contribution in [2.75, 3.05) is 10.6 Å². The molecule has 0 saturated carbocycles. The maximum Gasteiger partial charge on any atom is 0.268 e. The number of nitrogens with two attached hydrogens (primary N) is 1. The van der Waals surface area contributed by atoms with E-state index in [4.69, 9.17) is 5.73 Å². The molecule has 2 aromatic rings. The summed E-state index contributed by atoms with van der Waals surface area (Å²) in [5, 5.41) is 0.434. The number of nitrogen functional groups attached to an aromatic ring is 1. The van der Waals surface area contributed by atoms with Gasteiger partial charge in [0.1, 0.15) is 0 Å². The van der Waals surface area contributed by atoms with Crippen LogP contribution in [0.3, 0.4) is 0 Å². The van der Waals surface area contributed by atoms with E-state index in [-0.39, 0.29) is 11.8 Å². The highest BCUT2D eigenvalue weighted by molar-refractivity contribution is 7.16. The first-order valence-electron chi connectivity index (χ1n) is 6.27. The SMILES string of the molecule is CCc1nc(N2C(=O)c3ccc(N)cc3C2=O)sc1C. The van der Waals surface area contributed by atoms with Gasteiger partial charge < -0.3 is 5.73 Å². The van der Waals surface area contributed by atoms with Crippen molar-refractivity contribution < 1.29 is 9.59 Å². The number of hydrogen-bond donors (Lipinski definition) is 1. The average Bonchev–Trinajstić information content (AvgIpc) is 2.89. The first kappa shape index (κ1) is 12.8. The fourth-order valence-electron chi connectivity index (χ4n) is 2.27. The van der Waals surface area contributed by atoms with Crippen LogP contribution in [-0.2, 0) is 6.42 Å². The second kappa shape index (κ2) is 4.42.